The minimum Gasteiger partial charge on any atom is -0.487 e. The molecule has 0 saturated heterocycles. The molecule has 0 radical (unpaired) electrons. The quantitative estimate of drug-likeness (QED) is 0.113. The summed E-state index contributed by atoms with van der Waals surface area (Å²) in [6.45, 7) is 1.12. The first-order valence-corrected chi connectivity index (χ1v) is 16.6. The Bertz CT molecular complexity index is 2680. The summed E-state index contributed by atoms with van der Waals surface area (Å²) in [5.74, 6) is 1.28. The van der Waals surface area contributed by atoms with Gasteiger partial charge in [-0.2, -0.15) is 0 Å². The van der Waals surface area contributed by atoms with Gasteiger partial charge in [-0.25, -0.2) is 19.0 Å². The standard InChI is InChI=1S/C40H28N6O6/c47-37-17-27(35-15-9-25-5-1-3-7-33(25)39(35)51-37)19-45-21-29(41-43-45)23-49-31-11-13-32(14-12-31)50-24-30-22-46(44-42-30)20-28-18-38(48)52-40-34-8-4-2-6-26(34)10-16-36(28)40/h1-18,21-22H,19-20,23-24H2. The maximum absolute atomic E-state index is 12.4. The van der Waals surface area contributed by atoms with E-state index in [-0.39, 0.29) is 13.2 Å². The SMILES string of the molecule is O=c1cc(Cn2cc(COc3ccc(OCc4cn(Cc5cc(=O)oc6c5ccc5ccccc56)nn4)cc3)nn2)c2ccc3ccccc3c2o1. The van der Waals surface area contributed by atoms with E-state index in [1.807, 2.05) is 97.1 Å². The number of hydrogen-bond acceptors (Lipinski definition) is 10. The Labute approximate surface area is 294 Å². The number of nitrogens with zero attached hydrogens (tertiary/aromatic N) is 6. The van der Waals surface area contributed by atoms with Crippen molar-refractivity contribution in [1.82, 2.24) is 30.0 Å². The molecule has 52 heavy (non-hydrogen) atoms. The third-order valence-corrected chi connectivity index (χ3v) is 8.87. The van der Waals surface area contributed by atoms with E-state index in [0.29, 0.717) is 47.1 Å². The molecule has 0 spiro atoms. The highest BCUT2D eigenvalue weighted by atomic mass is 16.5. The monoisotopic (exact) mass is 688 g/mol. The molecule has 9 aromatic rings. The van der Waals surface area contributed by atoms with Crippen molar-refractivity contribution in [3.8, 4) is 11.5 Å². The van der Waals surface area contributed by atoms with Crippen LogP contribution in [0, 0.1) is 0 Å². The van der Waals surface area contributed by atoms with E-state index in [1.165, 1.54) is 12.1 Å². The van der Waals surface area contributed by atoms with Crippen molar-refractivity contribution in [1.29, 1.82) is 0 Å². The Morgan fingerprint density at radius 1 is 0.519 bits per heavy atom. The number of fused-ring (bicyclic) bond motifs is 6. The van der Waals surface area contributed by atoms with E-state index in [9.17, 15) is 9.59 Å². The Morgan fingerprint density at radius 2 is 0.962 bits per heavy atom. The molecule has 0 fully saturated rings. The van der Waals surface area contributed by atoms with Crippen LogP contribution in [-0.4, -0.2) is 30.0 Å². The summed E-state index contributed by atoms with van der Waals surface area (Å²) < 4.78 is 26.4. The van der Waals surface area contributed by atoms with E-state index < -0.39 is 11.3 Å². The molecule has 5 aromatic carbocycles. The molecule has 0 N–H and O–H groups in total. The van der Waals surface area contributed by atoms with Crippen molar-refractivity contribution in [2.75, 3.05) is 0 Å². The lowest BCUT2D eigenvalue weighted by Crippen LogP contribution is -2.06. The fourth-order valence-electron chi connectivity index (χ4n) is 6.43. The van der Waals surface area contributed by atoms with Gasteiger partial charge in [-0.1, -0.05) is 83.2 Å². The Hall–Kier alpha value is -7.08. The Morgan fingerprint density at radius 3 is 1.42 bits per heavy atom. The number of benzene rings is 5. The van der Waals surface area contributed by atoms with Crippen LogP contribution in [0.15, 0.2) is 140 Å². The number of hydrogen-bond donors (Lipinski definition) is 0. The van der Waals surface area contributed by atoms with Gasteiger partial charge >= 0.3 is 11.3 Å². The van der Waals surface area contributed by atoms with Gasteiger partial charge < -0.3 is 18.3 Å². The Balaban J connectivity index is 0.811. The lowest BCUT2D eigenvalue weighted by atomic mass is 10.0. The van der Waals surface area contributed by atoms with Crippen LogP contribution in [0.4, 0.5) is 0 Å². The van der Waals surface area contributed by atoms with Crippen molar-refractivity contribution in [2.24, 2.45) is 0 Å². The third kappa shape index (κ3) is 6.13. The summed E-state index contributed by atoms with van der Waals surface area (Å²) in [5, 5.41) is 22.5. The lowest BCUT2D eigenvalue weighted by Gasteiger charge is -2.08. The highest BCUT2D eigenvalue weighted by molar-refractivity contribution is 6.05. The van der Waals surface area contributed by atoms with Gasteiger partial charge in [-0.3, -0.25) is 0 Å². The van der Waals surface area contributed by atoms with Crippen LogP contribution in [0.25, 0.3) is 43.5 Å². The second-order valence-electron chi connectivity index (χ2n) is 12.4. The van der Waals surface area contributed by atoms with Gasteiger partial charge in [0.1, 0.15) is 47.3 Å². The van der Waals surface area contributed by atoms with Crippen molar-refractivity contribution < 1.29 is 18.3 Å². The molecule has 12 heteroatoms. The molecule has 0 aliphatic carbocycles. The molecule has 9 rings (SSSR count). The highest BCUT2D eigenvalue weighted by Crippen LogP contribution is 2.28. The topological polar surface area (TPSA) is 140 Å². The van der Waals surface area contributed by atoms with Gasteiger partial charge in [0.15, 0.2) is 0 Å². The summed E-state index contributed by atoms with van der Waals surface area (Å²) in [5.41, 5.74) is 3.16. The van der Waals surface area contributed by atoms with Crippen molar-refractivity contribution in [3.05, 3.63) is 165 Å². The maximum Gasteiger partial charge on any atom is 0.336 e. The first kappa shape index (κ1) is 30.9. The molecule has 0 aliphatic rings. The number of aromatic nitrogens is 6. The molecule has 0 unspecified atom stereocenters. The van der Waals surface area contributed by atoms with E-state index in [1.54, 1.807) is 21.8 Å². The predicted octanol–water partition coefficient (Wildman–Crippen LogP) is 6.64. The summed E-state index contributed by atoms with van der Waals surface area (Å²) in [7, 11) is 0. The van der Waals surface area contributed by atoms with Crippen molar-refractivity contribution in [3.63, 3.8) is 0 Å². The first-order valence-electron chi connectivity index (χ1n) is 16.6. The van der Waals surface area contributed by atoms with Gasteiger partial charge in [0, 0.05) is 33.7 Å². The zero-order chi connectivity index (χ0) is 35.0. The summed E-state index contributed by atoms with van der Waals surface area (Å²) in [4.78, 5) is 24.8. The van der Waals surface area contributed by atoms with E-state index in [0.717, 1.165) is 43.4 Å². The maximum atomic E-state index is 12.4. The molecular formula is C40H28N6O6. The van der Waals surface area contributed by atoms with Crippen LogP contribution in [-0.2, 0) is 26.3 Å². The average Bonchev–Trinajstić information content (AvgIpc) is 3.82. The molecule has 0 saturated carbocycles. The summed E-state index contributed by atoms with van der Waals surface area (Å²) in [6.07, 6.45) is 3.59. The molecule has 0 atom stereocenters. The van der Waals surface area contributed by atoms with Crippen molar-refractivity contribution >= 4 is 43.5 Å². The molecule has 0 bridgehead atoms. The van der Waals surface area contributed by atoms with Gasteiger partial charge in [0.25, 0.3) is 0 Å². The molecule has 254 valence electrons. The van der Waals surface area contributed by atoms with Crippen LogP contribution in [0.3, 0.4) is 0 Å². The minimum atomic E-state index is -0.413. The smallest absolute Gasteiger partial charge is 0.336 e. The summed E-state index contributed by atoms with van der Waals surface area (Å²) in [6, 6.07) is 33.8. The average molecular weight is 689 g/mol. The molecule has 4 aromatic heterocycles. The van der Waals surface area contributed by atoms with E-state index in [4.69, 9.17) is 18.3 Å². The minimum absolute atomic E-state index is 0.209. The highest BCUT2D eigenvalue weighted by Gasteiger charge is 2.13. The van der Waals surface area contributed by atoms with Crippen LogP contribution in [0.5, 0.6) is 11.5 Å². The van der Waals surface area contributed by atoms with Crippen molar-refractivity contribution in [2.45, 2.75) is 26.3 Å². The van der Waals surface area contributed by atoms with Crippen LogP contribution < -0.4 is 20.7 Å². The lowest BCUT2D eigenvalue weighted by molar-refractivity contribution is 0.292. The van der Waals surface area contributed by atoms with Gasteiger partial charge in [0.2, 0.25) is 0 Å². The second kappa shape index (κ2) is 13.0. The van der Waals surface area contributed by atoms with Crippen LogP contribution in [0.2, 0.25) is 0 Å². The number of rotatable bonds is 10. The molecule has 0 aliphatic heterocycles. The van der Waals surface area contributed by atoms with Gasteiger partial charge in [-0.15, -0.1) is 10.2 Å². The first-order chi connectivity index (χ1) is 25.5. The normalized spacial score (nSPS) is 11.5. The fraction of sp³-hybridized carbons (Fsp3) is 0.100. The molecule has 12 nitrogen and oxygen atoms in total. The molecule has 0 amide bonds. The zero-order valence-electron chi connectivity index (χ0n) is 27.5. The van der Waals surface area contributed by atoms with Gasteiger partial charge in [-0.05, 0) is 46.2 Å². The van der Waals surface area contributed by atoms with Crippen LogP contribution >= 0.6 is 0 Å². The Kier molecular flexibility index (Phi) is 7.73. The molecular weight excluding hydrogens is 660 g/mol. The number of ether oxygens (including phenoxy) is 2. The third-order valence-electron chi connectivity index (χ3n) is 8.87. The molecule has 4 heterocycles. The second-order valence-corrected chi connectivity index (χ2v) is 12.4. The van der Waals surface area contributed by atoms with E-state index >= 15 is 0 Å². The fourth-order valence-corrected chi connectivity index (χ4v) is 6.43. The zero-order valence-corrected chi connectivity index (χ0v) is 27.5. The summed E-state index contributed by atoms with van der Waals surface area (Å²) >= 11 is 0. The van der Waals surface area contributed by atoms with E-state index in [2.05, 4.69) is 20.6 Å². The van der Waals surface area contributed by atoms with Gasteiger partial charge in [0.05, 0.1) is 25.5 Å². The largest absolute Gasteiger partial charge is 0.487 e. The predicted molar refractivity (Wildman–Crippen MR) is 193 cm³/mol. The van der Waals surface area contributed by atoms with Crippen LogP contribution in [0.1, 0.15) is 22.5 Å².